The third-order valence-corrected chi connectivity index (χ3v) is 2.86. The van der Waals surface area contributed by atoms with Crippen LogP contribution in [0, 0.1) is 0 Å². The van der Waals surface area contributed by atoms with E-state index in [2.05, 4.69) is 20.3 Å². The van der Waals surface area contributed by atoms with Gasteiger partial charge in [0, 0.05) is 20.3 Å². The van der Waals surface area contributed by atoms with Crippen LogP contribution < -0.4 is 15.0 Å². The summed E-state index contributed by atoms with van der Waals surface area (Å²) in [5.74, 6) is -0.106. The molecule has 0 saturated carbocycles. The van der Waals surface area contributed by atoms with Crippen molar-refractivity contribution in [1.29, 1.82) is 0 Å². The van der Waals surface area contributed by atoms with Gasteiger partial charge in [-0.1, -0.05) is 11.6 Å². The third kappa shape index (κ3) is 3.38. The van der Waals surface area contributed by atoms with Crippen LogP contribution in [0.2, 0.25) is 5.15 Å². The summed E-state index contributed by atoms with van der Waals surface area (Å²) in [7, 11) is 5.19. The minimum absolute atomic E-state index is 0.148. The van der Waals surface area contributed by atoms with E-state index >= 15 is 0 Å². The van der Waals surface area contributed by atoms with E-state index in [0.717, 1.165) is 5.69 Å². The first kappa shape index (κ1) is 15.0. The zero-order chi connectivity index (χ0) is 15.4. The van der Waals surface area contributed by atoms with Crippen LogP contribution in [0.3, 0.4) is 0 Å². The van der Waals surface area contributed by atoms with Gasteiger partial charge in [-0.05, 0) is 6.07 Å². The first-order chi connectivity index (χ1) is 10.0. The van der Waals surface area contributed by atoms with Crippen molar-refractivity contribution in [2.45, 2.75) is 0 Å². The van der Waals surface area contributed by atoms with Crippen molar-refractivity contribution in [2.75, 3.05) is 31.4 Å². The number of hydrogen-bond donors (Lipinski definition) is 1. The second-order valence-electron chi connectivity index (χ2n) is 4.29. The minimum atomic E-state index is -0.423. The molecule has 1 N–H and O–H groups in total. The summed E-state index contributed by atoms with van der Waals surface area (Å²) in [6.07, 6.45) is 4.21. The molecule has 2 rings (SSSR count). The Bertz CT molecular complexity index is 646. The van der Waals surface area contributed by atoms with Gasteiger partial charge in [0.25, 0.3) is 5.91 Å². The molecule has 110 valence electrons. The van der Waals surface area contributed by atoms with Crippen molar-refractivity contribution in [3.63, 3.8) is 0 Å². The zero-order valence-corrected chi connectivity index (χ0v) is 12.5. The molecule has 0 spiro atoms. The number of carbonyl (C=O) groups excluding carboxylic acids is 1. The van der Waals surface area contributed by atoms with Crippen LogP contribution >= 0.6 is 11.6 Å². The van der Waals surface area contributed by atoms with Gasteiger partial charge in [-0.15, -0.1) is 0 Å². The van der Waals surface area contributed by atoms with Gasteiger partial charge < -0.3 is 15.0 Å². The number of ether oxygens (including phenoxy) is 1. The maximum absolute atomic E-state index is 12.2. The van der Waals surface area contributed by atoms with Crippen molar-refractivity contribution < 1.29 is 9.53 Å². The van der Waals surface area contributed by atoms with E-state index in [9.17, 15) is 4.79 Å². The van der Waals surface area contributed by atoms with Crippen LogP contribution in [0.25, 0.3) is 0 Å². The maximum atomic E-state index is 12.2. The predicted octanol–water partition coefficient (Wildman–Crippen LogP) is 1.85. The highest BCUT2D eigenvalue weighted by Gasteiger charge is 2.17. The Kier molecular flexibility index (Phi) is 4.54. The quantitative estimate of drug-likeness (QED) is 0.928. The largest absolute Gasteiger partial charge is 0.479 e. The molecule has 8 heteroatoms. The lowest BCUT2D eigenvalue weighted by molar-refractivity contribution is 0.102. The molecule has 7 nitrogen and oxygen atoms in total. The average molecular weight is 308 g/mol. The fourth-order valence-corrected chi connectivity index (χ4v) is 1.78. The minimum Gasteiger partial charge on any atom is -0.479 e. The molecule has 0 aliphatic carbocycles. The molecule has 0 aliphatic heterocycles. The second kappa shape index (κ2) is 6.36. The topological polar surface area (TPSA) is 80.2 Å². The van der Waals surface area contributed by atoms with Crippen molar-refractivity contribution in [2.24, 2.45) is 0 Å². The standard InChI is InChI=1S/C13H14ClN5O2/c1-19(2)9-4-5-15-13(21-3)11(9)18-12(20)8-6-17-10(14)7-16-8/h4-7H,1-3H3,(H,18,20). The maximum Gasteiger partial charge on any atom is 0.276 e. The molecule has 1 amide bonds. The van der Waals surface area contributed by atoms with E-state index in [0.29, 0.717) is 11.6 Å². The van der Waals surface area contributed by atoms with E-state index in [4.69, 9.17) is 16.3 Å². The van der Waals surface area contributed by atoms with Crippen molar-refractivity contribution >= 4 is 28.9 Å². The third-order valence-electron chi connectivity index (χ3n) is 2.66. The van der Waals surface area contributed by atoms with E-state index in [1.807, 2.05) is 19.0 Å². The summed E-state index contributed by atoms with van der Waals surface area (Å²) in [6, 6.07) is 1.77. The molecule has 0 radical (unpaired) electrons. The lowest BCUT2D eigenvalue weighted by Gasteiger charge is -2.19. The highest BCUT2D eigenvalue weighted by Crippen LogP contribution is 2.32. The number of rotatable bonds is 4. The number of pyridine rings is 1. The highest BCUT2D eigenvalue weighted by molar-refractivity contribution is 6.29. The lowest BCUT2D eigenvalue weighted by atomic mass is 10.3. The van der Waals surface area contributed by atoms with Crippen LogP contribution in [-0.4, -0.2) is 42.1 Å². The average Bonchev–Trinajstić information content (AvgIpc) is 2.47. The van der Waals surface area contributed by atoms with Gasteiger partial charge >= 0.3 is 0 Å². The van der Waals surface area contributed by atoms with E-state index in [-0.39, 0.29) is 10.8 Å². The lowest BCUT2D eigenvalue weighted by Crippen LogP contribution is -2.19. The number of nitrogens with zero attached hydrogens (tertiary/aromatic N) is 4. The van der Waals surface area contributed by atoms with Crippen LogP contribution in [0.5, 0.6) is 5.88 Å². The van der Waals surface area contributed by atoms with Crippen molar-refractivity contribution in [3.8, 4) is 5.88 Å². The predicted molar refractivity (Wildman–Crippen MR) is 80.1 cm³/mol. The molecule has 2 heterocycles. The van der Waals surface area contributed by atoms with Crippen molar-refractivity contribution in [3.05, 3.63) is 35.5 Å². The van der Waals surface area contributed by atoms with Crippen LogP contribution in [0.1, 0.15) is 10.5 Å². The number of amides is 1. The van der Waals surface area contributed by atoms with Gasteiger partial charge in [0.2, 0.25) is 5.88 Å². The van der Waals surface area contributed by atoms with Gasteiger partial charge in [0.05, 0.1) is 25.2 Å². The van der Waals surface area contributed by atoms with Crippen molar-refractivity contribution in [1.82, 2.24) is 15.0 Å². The Balaban J connectivity index is 2.34. The number of aromatic nitrogens is 3. The Morgan fingerprint density at radius 1 is 1.29 bits per heavy atom. The monoisotopic (exact) mass is 307 g/mol. The van der Waals surface area contributed by atoms with Crippen LogP contribution in [0.4, 0.5) is 11.4 Å². The summed E-state index contributed by atoms with van der Waals surface area (Å²) in [5.41, 5.74) is 1.37. The fourth-order valence-electron chi connectivity index (χ4n) is 1.69. The number of hydrogen-bond acceptors (Lipinski definition) is 6. The Labute approximate surface area is 126 Å². The number of halogens is 1. The first-order valence-corrected chi connectivity index (χ1v) is 6.40. The summed E-state index contributed by atoms with van der Waals surface area (Å²) in [4.78, 5) is 25.9. The zero-order valence-electron chi connectivity index (χ0n) is 11.8. The van der Waals surface area contributed by atoms with Gasteiger partial charge in [-0.25, -0.2) is 15.0 Å². The SMILES string of the molecule is COc1nccc(N(C)C)c1NC(=O)c1cnc(Cl)cn1. The number of carbonyl (C=O) groups is 1. The second-order valence-corrected chi connectivity index (χ2v) is 4.67. The molecule has 2 aromatic heterocycles. The number of methoxy groups -OCH3 is 1. The molecule has 0 saturated heterocycles. The molecule has 21 heavy (non-hydrogen) atoms. The molecular formula is C13H14ClN5O2. The van der Waals surface area contributed by atoms with E-state index in [1.165, 1.54) is 19.5 Å². The van der Waals surface area contributed by atoms with Crippen LogP contribution in [0.15, 0.2) is 24.7 Å². The molecule has 0 fully saturated rings. The normalized spacial score (nSPS) is 10.1. The molecule has 2 aromatic rings. The smallest absolute Gasteiger partial charge is 0.276 e. The Hall–Kier alpha value is -2.41. The molecule has 0 bridgehead atoms. The van der Waals surface area contributed by atoms with E-state index < -0.39 is 5.91 Å². The van der Waals surface area contributed by atoms with Gasteiger partial charge in [-0.3, -0.25) is 4.79 Å². The fraction of sp³-hybridized carbons (Fsp3) is 0.231. The summed E-state index contributed by atoms with van der Waals surface area (Å²) in [6.45, 7) is 0. The molecule has 0 atom stereocenters. The highest BCUT2D eigenvalue weighted by atomic mass is 35.5. The van der Waals surface area contributed by atoms with Crippen LogP contribution in [-0.2, 0) is 0 Å². The van der Waals surface area contributed by atoms with Gasteiger partial charge in [0.15, 0.2) is 0 Å². The molecular weight excluding hydrogens is 294 g/mol. The number of nitrogens with one attached hydrogen (secondary N) is 1. The summed E-state index contributed by atoms with van der Waals surface area (Å²) >= 11 is 5.65. The molecule has 0 unspecified atom stereocenters. The van der Waals surface area contributed by atoms with E-state index in [1.54, 1.807) is 12.3 Å². The number of anilines is 2. The first-order valence-electron chi connectivity index (χ1n) is 6.02. The van der Waals surface area contributed by atoms with Gasteiger partial charge in [-0.2, -0.15) is 0 Å². The summed E-state index contributed by atoms with van der Waals surface area (Å²) in [5, 5.41) is 2.96. The van der Waals surface area contributed by atoms with Gasteiger partial charge in [0.1, 0.15) is 16.5 Å². The Morgan fingerprint density at radius 2 is 2.05 bits per heavy atom. The Morgan fingerprint density at radius 3 is 2.62 bits per heavy atom. The molecule has 0 aromatic carbocycles. The molecule has 0 aliphatic rings. The summed E-state index contributed by atoms with van der Waals surface area (Å²) < 4.78 is 5.18.